The number of nitrogens with one attached hydrogen (secondary N) is 1. The van der Waals surface area contributed by atoms with Gasteiger partial charge in [0.1, 0.15) is 5.82 Å². The predicted molar refractivity (Wildman–Crippen MR) is 70.6 cm³/mol. The SMILES string of the molecule is C#CCC(Cc1ccc(F)cc1Cl)NCCC. The molecule has 0 saturated carbocycles. The van der Waals surface area contributed by atoms with E-state index in [2.05, 4.69) is 18.2 Å². The Kier molecular flexibility index (Phi) is 6.04. The second-order valence-corrected chi connectivity index (χ2v) is 4.41. The molecule has 0 spiro atoms. The summed E-state index contributed by atoms with van der Waals surface area (Å²) in [7, 11) is 0. The normalized spacial score (nSPS) is 12.1. The van der Waals surface area contributed by atoms with Gasteiger partial charge in [-0.25, -0.2) is 4.39 Å². The van der Waals surface area contributed by atoms with Crippen LogP contribution in [0.2, 0.25) is 5.02 Å². The molecule has 1 nitrogen and oxygen atoms in total. The molecule has 0 fully saturated rings. The number of halogens is 2. The first-order valence-electron chi connectivity index (χ1n) is 5.78. The van der Waals surface area contributed by atoms with Crippen molar-refractivity contribution < 1.29 is 4.39 Å². The van der Waals surface area contributed by atoms with Crippen molar-refractivity contribution in [2.75, 3.05) is 6.54 Å². The van der Waals surface area contributed by atoms with E-state index in [1.807, 2.05) is 0 Å². The van der Waals surface area contributed by atoms with Crippen LogP contribution in [0.3, 0.4) is 0 Å². The Morgan fingerprint density at radius 3 is 2.88 bits per heavy atom. The molecule has 1 unspecified atom stereocenters. The molecule has 1 atom stereocenters. The smallest absolute Gasteiger partial charge is 0.124 e. The van der Waals surface area contributed by atoms with E-state index in [9.17, 15) is 4.39 Å². The zero-order valence-corrected chi connectivity index (χ0v) is 10.7. The highest BCUT2D eigenvalue weighted by Gasteiger charge is 2.10. The van der Waals surface area contributed by atoms with E-state index in [4.69, 9.17) is 18.0 Å². The van der Waals surface area contributed by atoms with Crippen LogP contribution >= 0.6 is 11.6 Å². The minimum atomic E-state index is -0.311. The van der Waals surface area contributed by atoms with E-state index in [1.165, 1.54) is 12.1 Å². The average Bonchev–Trinajstić information content (AvgIpc) is 2.29. The van der Waals surface area contributed by atoms with Gasteiger partial charge in [-0.05, 0) is 37.1 Å². The standard InChI is InChI=1S/C14H17ClFN/c1-3-5-13(17-8-4-2)9-11-6-7-12(16)10-14(11)15/h1,6-7,10,13,17H,4-5,8-9H2,2H3. The Labute approximate surface area is 107 Å². The Hall–Kier alpha value is -1.04. The van der Waals surface area contributed by atoms with Crippen LogP contribution in [-0.4, -0.2) is 12.6 Å². The maximum absolute atomic E-state index is 12.9. The fraction of sp³-hybridized carbons (Fsp3) is 0.429. The van der Waals surface area contributed by atoms with Crippen LogP contribution in [0.5, 0.6) is 0 Å². The third-order valence-electron chi connectivity index (χ3n) is 2.53. The summed E-state index contributed by atoms with van der Waals surface area (Å²) in [5.41, 5.74) is 0.928. The average molecular weight is 254 g/mol. The molecule has 0 bridgehead atoms. The topological polar surface area (TPSA) is 12.0 Å². The van der Waals surface area contributed by atoms with E-state index in [1.54, 1.807) is 6.07 Å². The van der Waals surface area contributed by atoms with Crippen LogP contribution in [0.1, 0.15) is 25.3 Å². The lowest BCUT2D eigenvalue weighted by Gasteiger charge is -2.16. The molecule has 0 saturated heterocycles. The second-order valence-electron chi connectivity index (χ2n) is 4.00. The summed E-state index contributed by atoms with van der Waals surface area (Å²) >= 11 is 5.99. The molecule has 0 aliphatic rings. The van der Waals surface area contributed by atoms with Crippen molar-refractivity contribution in [2.45, 2.75) is 32.2 Å². The van der Waals surface area contributed by atoms with E-state index in [0.717, 1.165) is 24.9 Å². The molecular weight excluding hydrogens is 237 g/mol. The number of benzene rings is 1. The first-order chi connectivity index (χ1) is 8.17. The van der Waals surface area contributed by atoms with Crippen molar-refractivity contribution >= 4 is 11.6 Å². The number of hydrogen-bond acceptors (Lipinski definition) is 1. The lowest BCUT2D eigenvalue weighted by Crippen LogP contribution is -2.31. The molecule has 0 radical (unpaired) electrons. The molecule has 1 rings (SSSR count). The second kappa shape index (κ2) is 7.32. The summed E-state index contributed by atoms with van der Waals surface area (Å²) in [5.74, 6) is 2.34. The molecule has 1 N–H and O–H groups in total. The highest BCUT2D eigenvalue weighted by molar-refractivity contribution is 6.31. The third-order valence-corrected chi connectivity index (χ3v) is 2.88. The van der Waals surface area contributed by atoms with Crippen molar-refractivity contribution in [1.82, 2.24) is 5.32 Å². The van der Waals surface area contributed by atoms with E-state index >= 15 is 0 Å². The van der Waals surface area contributed by atoms with Gasteiger partial charge in [-0.15, -0.1) is 12.3 Å². The maximum atomic E-state index is 12.9. The summed E-state index contributed by atoms with van der Waals surface area (Å²) in [4.78, 5) is 0. The molecule has 3 heteroatoms. The zero-order valence-electron chi connectivity index (χ0n) is 9.97. The lowest BCUT2D eigenvalue weighted by atomic mass is 10.0. The van der Waals surface area contributed by atoms with Crippen LogP contribution in [0, 0.1) is 18.2 Å². The summed E-state index contributed by atoms with van der Waals surface area (Å²) in [5, 5.41) is 3.83. The number of terminal acetylenes is 1. The summed E-state index contributed by atoms with van der Waals surface area (Å²) in [6.07, 6.45) is 7.76. The van der Waals surface area contributed by atoms with Crippen LogP contribution in [-0.2, 0) is 6.42 Å². The Balaban J connectivity index is 2.68. The van der Waals surface area contributed by atoms with Gasteiger partial charge in [-0.3, -0.25) is 0 Å². The van der Waals surface area contributed by atoms with Crippen LogP contribution in [0.15, 0.2) is 18.2 Å². The molecule has 0 heterocycles. The number of rotatable bonds is 6. The van der Waals surface area contributed by atoms with Gasteiger partial charge in [-0.2, -0.15) is 0 Å². The van der Waals surface area contributed by atoms with Crippen molar-refractivity contribution in [3.8, 4) is 12.3 Å². The quantitative estimate of drug-likeness (QED) is 0.766. The molecule has 17 heavy (non-hydrogen) atoms. The van der Waals surface area contributed by atoms with Crippen molar-refractivity contribution in [3.05, 3.63) is 34.6 Å². The van der Waals surface area contributed by atoms with Gasteiger partial charge in [0.2, 0.25) is 0 Å². The Morgan fingerprint density at radius 1 is 1.53 bits per heavy atom. The fourth-order valence-electron chi connectivity index (χ4n) is 1.66. The molecule has 92 valence electrons. The van der Waals surface area contributed by atoms with E-state index in [-0.39, 0.29) is 11.9 Å². The van der Waals surface area contributed by atoms with Gasteiger partial charge < -0.3 is 5.32 Å². The first kappa shape index (κ1) is 14.0. The highest BCUT2D eigenvalue weighted by atomic mass is 35.5. The molecule has 0 amide bonds. The summed E-state index contributed by atoms with van der Waals surface area (Å²) in [6, 6.07) is 4.68. The minimum absolute atomic E-state index is 0.197. The van der Waals surface area contributed by atoms with Crippen molar-refractivity contribution in [1.29, 1.82) is 0 Å². The van der Waals surface area contributed by atoms with E-state index in [0.29, 0.717) is 11.4 Å². The van der Waals surface area contributed by atoms with Crippen molar-refractivity contribution in [2.24, 2.45) is 0 Å². The van der Waals surface area contributed by atoms with Crippen molar-refractivity contribution in [3.63, 3.8) is 0 Å². The lowest BCUT2D eigenvalue weighted by molar-refractivity contribution is 0.516. The molecule has 1 aromatic carbocycles. The predicted octanol–water partition coefficient (Wildman–Crippen LogP) is 3.41. The molecule has 1 aromatic rings. The first-order valence-corrected chi connectivity index (χ1v) is 6.16. The van der Waals surface area contributed by atoms with Gasteiger partial charge in [0.05, 0.1) is 0 Å². The molecule has 0 aliphatic heterocycles. The van der Waals surface area contributed by atoms with Gasteiger partial charge in [0, 0.05) is 17.5 Å². The van der Waals surface area contributed by atoms with Gasteiger partial charge in [-0.1, -0.05) is 24.6 Å². The largest absolute Gasteiger partial charge is 0.313 e. The summed E-state index contributed by atoms with van der Waals surface area (Å²) < 4.78 is 12.9. The van der Waals surface area contributed by atoms with Gasteiger partial charge in [0.25, 0.3) is 0 Å². The molecular formula is C14H17ClFN. The zero-order chi connectivity index (χ0) is 12.7. The minimum Gasteiger partial charge on any atom is -0.313 e. The van der Waals surface area contributed by atoms with Crippen LogP contribution < -0.4 is 5.32 Å². The van der Waals surface area contributed by atoms with Gasteiger partial charge in [0.15, 0.2) is 0 Å². The number of hydrogen-bond donors (Lipinski definition) is 1. The van der Waals surface area contributed by atoms with Crippen LogP contribution in [0.25, 0.3) is 0 Å². The van der Waals surface area contributed by atoms with Gasteiger partial charge >= 0.3 is 0 Å². The van der Waals surface area contributed by atoms with Crippen LogP contribution in [0.4, 0.5) is 4.39 Å². The monoisotopic (exact) mass is 253 g/mol. The third kappa shape index (κ3) is 4.77. The fourth-order valence-corrected chi connectivity index (χ4v) is 1.90. The Bertz CT molecular complexity index is 398. The highest BCUT2D eigenvalue weighted by Crippen LogP contribution is 2.19. The summed E-state index contributed by atoms with van der Waals surface area (Å²) in [6.45, 7) is 3.02. The van der Waals surface area contributed by atoms with E-state index < -0.39 is 0 Å². The Morgan fingerprint density at radius 2 is 2.29 bits per heavy atom. The maximum Gasteiger partial charge on any atom is 0.124 e. The molecule has 0 aliphatic carbocycles. The molecule has 0 aromatic heterocycles.